The molecule has 12 nitrogen and oxygen atoms in total. The van der Waals surface area contributed by atoms with E-state index >= 15 is 0 Å². The molecule has 5 unspecified atom stereocenters. The molecule has 1 saturated heterocycles. The van der Waals surface area contributed by atoms with Crippen molar-refractivity contribution in [2.24, 2.45) is 0 Å². The number of carbonyl (C=O) groups is 4. The monoisotopic (exact) mass is 565 g/mol. The lowest BCUT2D eigenvalue weighted by molar-refractivity contribution is -0.142. The van der Waals surface area contributed by atoms with Gasteiger partial charge < -0.3 is 41.6 Å². The van der Waals surface area contributed by atoms with Crippen molar-refractivity contribution in [3.05, 3.63) is 65.9 Å². The number of rotatable bonds is 12. The zero-order valence-electron chi connectivity index (χ0n) is 22.6. The summed E-state index contributed by atoms with van der Waals surface area (Å²) in [6.45, 7) is 2.02. The van der Waals surface area contributed by atoms with Crippen LogP contribution in [0.1, 0.15) is 30.9 Å². The van der Waals surface area contributed by atoms with Crippen LogP contribution in [0.3, 0.4) is 0 Å². The fourth-order valence-electron chi connectivity index (χ4n) is 4.90. The van der Waals surface area contributed by atoms with Gasteiger partial charge in [0, 0.05) is 29.9 Å². The number of phenols is 1. The molecule has 4 rings (SSSR count). The van der Waals surface area contributed by atoms with E-state index < -0.39 is 54.0 Å². The van der Waals surface area contributed by atoms with Crippen LogP contribution in [0, 0.1) is 0 Å². The highest BCUT2D eigenvalue weighted by molar-refractivity contribution is 5.95. The Kier molecular flexibility index (Phi) is 9.58. The fourth-order valence-corrected chi connectivity index (χ4v) is 4.90. The number of carbonyl (C=O) groups excluding carboxylic acids is 3. The second-order valence-corrected chi connectivity index (χ2v) is 10.3. The van der Waals surface area contributed by atoms with Crippen LogP contribution in [0.5, 0.6) is 5.75 Å². The number of aliphatic carboxylic acids is 1. The quantitative estimate of drug-likeness (QED) is 0.154. The average molecular weight is 566 g/mol. The first-order valence-electron chi connectivity index (χ1n) is 13.5. The highest BCUT2D eigenvalue weighted by Crippen LogP contribution is 2.19. The van der Waals surface area contributed by atoms with Gasteiger partial charge in [-0.1, -0.05) is 30.3 Å². The summed E-state index contributed by atoms with van der Waals surface area (Å²) in [5.41, 5.74) is 2.11. The molecule has 12 heteroatoms. The SMILES string of the molecule is CC(O)C(NC(=O)C1CCCN1)C(=O)NC(Cc1ccc(O)cc1)C(=O)NC(Cc1c[nH]c2ccccc12)C(=O)O. The molecule has 218 valence electrons. The number of carboxylic acid groups (broad SMARTS) is 1. The molecule has 1 fully saturated rings. The predicted octanol–water partition coefficient (Wildman–Crippen LogP) is 0.331. The van der Waals surface area contributed by atoms with Crippen LogP contribution in [-0.4, -0.2) is 80.8 Å². The lowest BCUT2D eigenvalue weighted by Crippen LogP contribution is -2.60. The third-order valence-electron chi connectivity index (χ3n) is 7.16. The zero-order valence-corrected chi connectivity index (χ0v) is 22.6. The Bertz CT molecular complexity index is 1380. The molecule has 3 amide bonds. The normalized spacial score (nSPS) is 17.8. The van der Waals surface area contributed by atoms with E-state index in [9.17, 15) is 34.5 Å². The van der Waals surface area contributed by atoms with E-state index in [1.165, 1.54) is 19.1 Å². The van der Waals surface area contributed by atoms with Crippen molar-refractivity contribution in [3.63, 3.8) is 0 Å². The highest BCUT2D eigenvalue weighted by Gasteiger charge is 2.34. The predicted molar refractivity (Wildman–Crippen MR) is 150 cm³/mol. The number of benzene rings is 2. The standard InChI is InChI=1S/C29H35N5O7/c1-16(35)25(34-26(37)22-7-4-12-30-22)28(39)32-23(13-17-8-10-19(36)11-9-17)27(38)33-24(29(40)41)14-18-15-31-21-6-3-2-5-20(18)21/h2-3,5-6,8-11,15-16,22-25,30-31,35-36H,4,7,12-14H2,1H3,(H,32,39)(H,33,38)(H,34,37)(H,40,41). The first-order valence-corrected chi connectivity index (χ1v) is 13.5. The van der Waals surface area contributed by atoms with Crippen molar-refractivity contribution in [1.82, 2.24) is 26.3 Å². The Balaban J connectivity index is 1.52. The summed E-state index contributed by atoms with van der Waals surface area (Å²) < 4.78 is 0. The van der Waals surface area contributed by atoms with Crippen molar-refractivity contribution < 1.29 is 34.5 Å². The summed E-state index contributed by atoms with van der Waals surface area (Å²) in [7, 11) is 0. The molecule has 0 saturated carbocycles. The number of H-pyrrole nitrogens is 1. The Morgan fingerprint density at radius 3 is 2.32 bits per heavy atom. The number of para-hydroxylation sites is 1. The van der Waals surface area contributed by atoms with Crippen molar-refractivity contribution in [3.8, 4) is 5.75 Å². The Morgan fingerprint density at radius 1 is 0.951 bits per heavy atom. The number of hydrogen-bond donors (Lipinski definition) is 8. The number of aromatic hydroxyl groups is 1. The smallest absolute Gasteiger partial charge is 0.326 e. The molecule has 1 aliphatic rings. The molecule has 1 aliphatic heterocycles. The summed E-state index contributed by atoms with van der Waals surface area (Å²) in [5.74, 6) is -3.23. The largest absolute Gasteiger partial charge is 0.508 e. The molecule has 0 spiro atoms. The molecule has 0 aliphatic carbocycles. The number of amides is 3. The molecule has 0 bridgehead atoms. The van der Waals surface area contributed by atoms with Crippen LogP contribution >= 0.6 is 0 Å². The topological polar surface area (TPSA) is 193 Å². The molecule has 2 aromatic carbocycles. The van der Waals surface area contributed by atoms with Gasteiger partial charge in [0.05, 0.1) is 12.1 Å². The maximum atomic E-state index is 13.5. The summed E-state index contributed by atoms with van der Waals surface area (Å²) in [6.07, 6.45) is 1.78. The number of aliphatic hydroxyl groups excluding tert-OH is 1. The first kappa shape index (κ1) is 29.6. The third kappa shape index (κ3) is 7.62. The highest BCUT2D eigenvalue weighted by atomic mass is 16.4. The molecule has 41 heavy (non-hydrogen) atoms. The molecular formula is C29H35N5O7. The van der Waals surface area contributed by atoms with Crippen molar-refractivity contribution >= 4 is 34.6 Å². The molecule has 0 radical (unpaired) electrons. The van der Waals surface area contributed by atoms with E-state index in [1.54, 1.807) is 18.3 Å². The summed E-state index contributed by atoms with van der Waals surface area (Å²) in [5, 5.41) is 41.4. The first-order chi connectivity index (χ1) is 19.6. The van der Waals surface area contributed by atoms with Crippen LogP contribution in [0.4, 0.5) is 0 Å². The van der Waals surface area contributed by atoms with Crippen LogP contribution in [0.25, 0.3) is 10.9 Å². The van der Waals surface area contributed by atoms with E-state index in [4.69, 9.17) is 0 Å². The number of aromatic nitrogens is 1. The van der Waals surface area contributed by atoms with Gasteiger partial charge in [0.2, 0.25) is 17.7 Å². The van der Waals surface area contributed by atoms with Gasteiger partial charge in [-0.05, 0) is 55.6 Å². The Labute approximate surface area is 236 Å². The van der Waals surface area contributed by atoms with Gasteiger partial charge in [-0.2, -0.15) is 0 Å². The van der Waals surface area contributed by atoms with E-state index in [0.29, 0.717) is 24.1 Å². The molecule has 3 aromatic rings. The zero-order chi connectivity index (χ0) is 29.5. The molecule has 2 heterocycles. The number of aromatic amines is 1. The number of aliphatic hydroxyl groups is 1. The van der Waals surface area contributed by atoms with Crippen LogP contribution in [-0.2, 0) is 32.0 Å². The number of hydrogen-bond acceptors (Lipinski definition) is 7. The van der Waals surface area contributed by atoms with Gasteiger partial charge in [0.25, 0.3) is 0 Å². The minimum absolute atomic E-state index is 0.00823. The second-order valence-electron chi connectivity index (χ2n) is 10.3. The number of carboxylic acids is 1. The molecule has 8 N–H and O–H groups in total. The lowest BCUT2D eigenvalue weighted by atomic mass is 10.0. The number of phenolic OH excluding ortho intramolecular Hbond substituents is 1. The fraction of sp³-hybridized carbons (Fsp3) is 0.379. The van der Waals surface area contributed by atoms with Gasteiger partial charge in [-0.3, -0.25) is 14.4 Å². The van der Waals surface area contributed by atoms with Crippen LogP contribution in [0.15, 0.2) is 54.7 Å². The van der Waals surface area contributed by atoms with Crippen molar-refractivity contribution in [2.75, 3.05) is 6.54 Å². The van der Waals surface area contributed by atoms with E-state index in [2.05, 4.69) is 26.3 Å². The van der Waals surface area contributed by atoms with Gasteiger partial charge in [0.15, 0.2) is 0 Å². The maximum Gasteiger partial charge on any atom is 0.326 e. The lowest BCUT2D eigenvalue weighted by Gasteiger charge is -2.26. The van der Waals surface area contributed by atoms with Crippen molar-refractivity contribution in [1.29, 1.82) is 0 Å². The third-order valence-corrected chi connectivity index (χ3v) is 7.16. The Hall–Kier alpha value is -4.42. The van der Waals surface area contributed by atoms with E-state index in [0.717, 1.165) is 17.3 Å². The second kappa shape index (κ2) is 13.3. The van der Waals surface area contributed by atoms with Gasteiger partial charge in [0.1, 0.15) is 23.9 Å². The van der Waals surface area contributed by atoms with E-state index in [-0.39, 0.29) is 18.6 Å². The molecule has 1 aromatic heterocycles. The minimum Gasteiger partial charge on any atom is -0.508 e. The summed E-state index contributed by atoms with van der Waals surface area (Å²) in [4.78, 5) is 54.6. The summed E-state index contributed by atoms with van der Waals surface area (Å²) in [6, 6.07) is 9.00. The molecule has 5 atom stereocenters. The maximum absolute atomic E-state index is 13.5. The van der Waals surface area contributed by atoms with E-state index in [1.807, 2.05) is 24.3 Å². The van der Waals surface area contributed by atoms with Crippen molar-refractivity contribution in [2.45, 2.75) is 62.9 Å². The summed E-state index contributed by atoms with van der Waals surface area (Å²) >= 11 is 0. The Morgan fingerprint density at radius 2 is 1.66 bits per heavy atom. The van der Waals surface area contributed by atoms with Crippen LogP contribution in [0.2, 0.25) is 0 Å². The van der Waals surface area contributed by atoms with Gasteiger partial charge in [-0.15, -0.1) is 0 Å². The average Bonchev–Trinajstić information content (AvgIpc) is 3.62. The minimum atomic E-state index is -1.35. The van der Waals surface area contributed by atoms with Gasteiger partial charge >= 0.3 is 5.97 Å². The number of nitrogens with one attached hydrogen (secondary N) is 5. The van der Waals surface area contributed by atoms with Crippen LogP contribution < -0.4 is 21.3 Å². The van der Waals surface area contributed by atoms with Gasteiger partial charge in [-0.25, -0.2) is 4.79 Å². The number of fused-ring (bicyclic) bond motifs is 1. The molecular weight excluding hydrogens is 530 g/mol.